The highest BCUT2D eigenvalue weighted by Crippen LogP contribution is 2.21. The van der Waals surface area contributed by atoms with Crippen LogP contribution in [-0.4, -0.2) is 24.0 Å². The molecule has 0 saturated carbocycles. The summed E-state index contributed by atoms with van der Waals surface area (Å²) in [6, 6.07) is 5.39. The van der Waals surface area contributed by atoms with Gasteiger partial charge in [0.25, 0.3) is 0 Å². The molecule has 0 spiro atoms. The first-order valence-electron chi connectivity index (χ1n) is 5.98. The van der Waals surface area contributed by atoms with Gasteiger partial charge in [-0.1, -0.05) is 22.9 Å². The van der Waals surface area contributed by atoms with Crippen LogP contribution in [0, 0.1) is 11.7 Å². The van der Waals surface area contributed by atoms with Gasteiger partial charge < -0.3 is 5.73 Å². The molecular weight excluding hydrogens is 319 g/mol. The maximum Gasteiger partial charge on any atom is 0.127 e. The van der Waals surface area contributed by atoms with E-state index in [4.69, 9.17) is 5.73 Å². The SMILES string of the molecule is CC1CN(Cc2cc(Br)ccc2F)CCC1N.Cl. The molecule has 1 aromatic rings. The molecule has 2 rings (SSSR count). The zero-order chi connectivity index (χ0) is 12.4. The maximum atomic E-state index is 13.6. The zero-order valence-electron chi connectivity index (χ0n) is 10.4. The van der Waals surface area contributed by atoms with Gasteiger partial charge in [-0.15, -0.1) is 12.4 Å². The van der Waals surface area contributed by atoms with Gasteiger partial charge in [0.05, 0.1) is 0 Å². The van der Waals surface area contributed by atoms with Crippen LogP contribution < -0.4 is 5.73 Å². The highest BCUT2D eigenvalue weighted by molar-refractivity contribution is 9.10. The Balaban J connectivity index is 0.00000162. The van der Waals surface area contributed by atoms with E-state index in [9.17, 15) is 4.39 Å². The maximum absolute atomic E-state index is 13.6. The molecule has 1 aromatic carbocycles. The number of likely N-dealkylation sites (tertiary alicyclic amines) is 1. The lowest BCUT2D eigenvalue weighted by atomic mass is 9.94. The summed E-state index contributed by atoms with van der Waals surface area (Å²) < 4.78 is 14.6. The second-order valence-electron chi connectivity index (χ2n) is 4.90. The fourth-order valence-corrected chi connectivity index (χ4v) is 2.71. The van der Waals surface area contributed by atoms with E-state index in [0.717, 1.165) is 29.5 Å². The molecule has 0 bridgehead atoms. The fourth-order valence-electron chi connectivity index (χ4n) is 2.30. The summed E-state index contributed by atoms with van der Waals surface area (Å²) in [6.45, 7) is 4.74. The summed E-state index contributed by atoms with van der Waals surface area (Å²) >= 11 is 3.38. The molecule has 1 aliphatic rings. The summed E-state index contributed by atoms with van der Waals surface area (Å²) in [6.07, 6.45) is 0.997. The molecule has 2 N–H and O–H groups in total. The normalized spacial score (nSPS) is 24.7. The van der Waals surface area contributed by atoms with Gasteiger partial charge in [0.15, 0.2) is 0 Å². The van der Waals surface area contributed by atoms with Gasteiger partial charge in [-0.3, -0.25) is 4.90 Å². The van der Waals surface area contributed by atoms with Gasteiger partial charge in [0.2, 0.25) is 0 Å². The van der Waals surface area contributed by atoms with E-state index in [1.54, 1.807) is 6.07 Å². The van der Waals surface area contributed by atoms with Crippen molar-refractivity contribution in [3.05, 3.63) is 34.1 Å². The van der Waals surface area contributed by atoms with E-state index in [-0.39, 0.29) is 18.2 Å². The quantitative estimate of drug-likeness (QED) is 0.898. The third-order valence-electron chi connectivity index (χ3n) is 3.46. The number of rotatable bonds is 2. The molecule has 0 aromatic heterocycles. The number of nitrogens with zero attached hydrogens (tertiary/aromatic N) is 1. The lowest BCUT2D eigenvalue weighted by Crippen LogP contribution is -2.45. The van der Waals surface area contributed by atoms with Crippen LogP contribution in [0.3, 0.4) is 0 Å². The first kappa shape index (κ1) is 15.9. The smallest absolute Gasteiger partial charge is 0.127 e. The molecule has 2 nitrogen and oxygen atoms in total. The van der Waals surface area contributed by atoms with Crippen molar-refractivity contribution < 1.29 is 4.39 Å². The van der Waals surface area contributed by atoms with Gasteiger partial charge in [0.1, 0.15) is 5.82 Å². The average molecular weight is 338 g/mol. The highest BCUT2D eigenvalue weighted by Gasteiger charge is 2.23. The van der Waals surface area contributed by atoms with E-state index in [2.05, 4.69) is 27.8 Å². The van der Waals surface area contributed by atoms with Gasteiger partial charge in [-0.2, -0.15) is 0 Å². The molecule has 0 amide bonds. The minimum atomic E-state index is -0.129. The van der Waals surface area contributed by atoms with Crippen molar-refractivity contribution in [2.24, 2.45) is 11.7 Å². The highest BCUT2D eigenvalue weighted by atomic mass is 79.9. The van der Waals surface area contributed by atoms with Crippen LogP contribution in [0.15, 0.2) is 22.7 Å². The first-order valence-corrected chi connectivity index (χ1v) is 6.77. The summed E-state index contributed by atoms with van der Waals surface area (Å²) in [5.41, 5.74) is 6.73. The number of nitrogens with two attached hydrogens (primary N) is 1. The molecular formula is C13H19BrClFN2. The lowest BCUT2D eigenvalue weighted by molar-refractivity contribution is 0.156. The molecule has 2 unspecified atom stereocenters. The van der Waals surface area contributed by atoms with Crippen LogP contribution in [0.2, 0.25) is 0 Å². The van der Waals surface area contributed by atoms with Crippen molar-refractivity contribution >= 4 is 28.3 Å². The Morgan fingerprint density at radius 3 is 2.89 bits per heavy atom. The van der Waals surface area contributed by atoms with Crippen LogP contribution in [0.4, 0.5) is 4.39 Å². The van der Waals surface area contributed by atoms with E-state index >= 15 is 0 Å². The van der Waals surface area contributed by atoms with Gasteiger partial charge in [0, 0.05) is 29.2 Å². The Bertz CT molecular complexity index is 403. The number of piperidine rings is 1. The minimum Gasteiger partial charge on any atom is -0.327 e. The third kappa shape index (κ3) is 3.92. The summed E-state index contributed by atoms with van der Waals surface area (Å²) in [5, 5.41) is 0. The van der Waals surface area contributed by atoms with Crippen molar-refractivity contribution in [3.63, 3.8) is 0 Å². The van der Waals surface area contributed by atoms with Gasteiger partial charge >= 0.3 is 0 Å². The van der Waals surface area contributed by atoms with Crippen molar-refractivity contribution in [1.29, 1.82) is 0 Å². The summed E-state index contributed by atoms with van der Waals surface area (Å²) in [5.74, 6) is 0.356. The van der Waals surface area contributed by atoms with Gasteiger partial charge in [-0.05, 0) is 37.1 Å². The van der Waals surface area contributed by atoms with Crippen molar-refractivity contribution in [1.82, 2.24) is 4.90 Å². The summed E-state index contributed by atoms with van der Waals surface area (Å²) in [7, 11) is 0. The fraction of sp³-hybridized carbons (Fsp3) is 0.538. The minimum absolute atomic E-state index is 0. The van der Waals surface area contributed by atoms with E-state index in [1.165, 1.54) is 6.07 Å². The monoisotopic (exact) mass is 336 g/mol. The van der Waals surface area contributed by atoms with E-state index in [0.29, 0.717) is 18.5 Å². The van der Waals surface area contributed by atoms with Crippen molar-refractivity contribution in [3.8, 4) is 0 Å². The van der Waals surface area contributed by atoms with Crippen LogP contribution >= 0.6 is 28.3 Å². The first-order chi connectivity index (χ1) is 8.06. The number of hydrogen-bond acceptors (Lipinski definition) is 2. The van der Waals surface area contributed by atoms with E-state index in [1.807, 2.05) is 6.07 Å². The Labute approximate surface area is 122 Å². The molecule has 0 aliphatic carbocycles. The predicted octanol–water partition coefficient (Wildman–Crippen LogP) is 3.18. The number of benzene rings is 1. The van der Waals surface area contributed by atoms with Crippen LogP contribution in [-0.2, 0) is 6.54 Å². The third-order valence-corrected chi connectivity index (χ3v) is 3.95. The Hall–Kier alpha value is -0.160. The van der Waals surface area contributed by atoms with Gasteiger partial charge in [-0.25, -0.2) is 4.39 Å². The molecule has 1 heterocycles. The predicted molar refractivity (Wildman–Crippen MR) is 78.4 cm³/mol. The Morgan fingerprint density at radius 1 is 1.50 bits per heavy atom. The number of halogens is 3. The van der Waals surface area contributed by atoms with Crippen LogP contribution in [0.25, 0.3) is 0 Å². The van der Waals surface area contributed by atoms with E-state index < -0.39 is 0 Å². The summed E-state index contributed by atoms with van der Waals surface area (Å²) in [4.78, 5) is 2.28. The molecule has 102 valence electrons. The van der Waals surface area contributed by atoms with Crippen molar-refractivity contribution in [2.45, 2.75) is 25.9 Å². The molecule has 1 aliphatic heterocycles. The Morgan fingerprint density at radius 2 is 2.22 bits per heavy atom. The largest absolute Gasteiger partial charge is 0.327 e. The molecule has 18 heavy (non-hydrogen) atoms. The number of hydrogen-bond donors (Lipinski definition) is 1. The standard InChI is InChI=1S/C13H18BrFN2.ClH/c1-9-7-17(5-4-13(9)16)8-10-6-11(14)2-3-12(10)15;/h2-3,6,9,13H,4-5,7-8,16H2,1H3;1H. The molecule has 1 saturated heterocycles. The second kappa shape index (κ2) is 6.85. The Kier molecular flexibility index (Phi) is 6.05. The molecule has 5 heteroatoms. The van der Waals surface area contributed by atoms with Crippen LogP contribution in [0.1, 0.15) is 18.9 Å². The lowest BCUT2D eigenvalue weighted by Gasteiger charge is -2.35. The second-order valence-corrected chi connectivity index (χ2v) is 5.82. The molecule has 2 atom stereocenters. The average Bonchev–Trinajstić information content (AvgIpc) is 2.29. The topological polar surface area (TPSA) is 29.3 Å². The van der Waals surface area contributed by atoms with Crippen LogP contribution in [0.5, 0.6) is 0 Å². The zero-order valence-corrected chi connectivity index (χ0v) is 12.8. The van der Waals surface area contributed by atoms with Crippen molar-refractivity contribution in [2.75, 3.05) is 13.1 Å². The molecule has 1 fully saturated rings. The molecule has 0 radical (unpaired) electrons.